The van der Waals surface area contributed by atoms with Crippen molar-refractivity contribution in [3.05, 3.63) is 30.3 Å². The van der Waals surface area contributed by atoms with E-state index in [1.54, 1.807) is 18.2 Å². The van der Waals surface area contributed by atoms with Crippen molar-refractivity contribution >= 4 is 19.2 Å². The molecule has 1 aromatic carbocycles. The number of hydrogen-bond donors (Lipinski definition) is 0. The molecular formula is C12H15F3O3Si. The zero-order valence-corrected chi connectivity index (χ0v) is 11.7. The molecular weight excluding hydrogens is 277 g/mol. The van der Waals surface area contributed by atoms with Gasteiger partial charge in [0.1, 0.15) is 0 Å². The Labute approximate surface area is 110 Å². The van der Waals surface area contributed by atoms with E-state index in [2.05, 4.69) is 0 Å². The van der Waals surface area contributed by atoms with Gasteiger partial charge in [0.15, 0.2) is 0 Å². The van der Waals surface area contributed by atoms with Gasteiger partial charge in [-0.3, -0.25) is 4.79 Å². The molecule has 0 bridgehead atoms. The molecule has 0 aliphatic rings. The van der Waals surface area contributed by atoms with Crippen LogP contribution in [0.25, 0.3) is 0 Å². The van der Waals surface area contributed by atoms with E-state index in [0.717, 1.165) is 0 Å². The maximum atomic E-state index is 12.8. The van der Waals surface area contributed by atoms with Crippen molar-refractivity contribution in [2.24, 2.45) is 0 Å². The number of hydrogen-bond acceptors (Lipinski definition) is 3. The van der Waals surface area contributed by atoms with Gasteiger partial charge in [0.05, 0.1) is 0 Å². The predicted octanol–water partition coefficient (Wildman–Crippen LogP) is 2.08. The minimum Gasteiger partial charge on any atom is -0.386 e. The largest absolute Gasteiger partial charge is 0.456 e. The van der Waals surface area contributed by atoms with Crippen molar-refractivity contribution in [2.45, 2.75) is 20.0 Å². The molecule has 0 heterocycles. The molecule has 106 valence electrons. The molecule has 0 fully saturated rings. The third-order valence-corrected chi connectivity index (χ3v) is 5.77. The van der Waals surface area contributed by atoms with Crippen LogP contribution in [0.4, 0.5) is 13.2 Å². The molecule has 0 N–H and O–H groups in total. The summed E-state index contributed by atoms with van der Waals surface area (Å²) < 4.78 is 48.8. The normalized spacial score (nSPS) is 12.5. The molecule has 0 saturated carbocycles. The smallest absolute Gasteiger partial charge is 0.386 e. The molecule has 7 heteroatoms. The second-order valence-corrected chi connectivity index (χ2v) is 6.52. The van der Waals surface area contributed by atoms with Gasteiger partial charge >= 0.3 is 14.7 Å². The second-order valence-electron chi connectivity index (χ2n) is 3.68. The molecule has 1 rings (SSSR count). The lowest BCUT2D eigenvalue weighted by Crippen LogP contribution is -2.64. The van der Waals surface area contributed by atoms with E-state index in [1.807, 2.05) is 0 Å². The second kappa shape index (κ2) is 6.31. The SMILES string of the molecule is CCO[Si](OCC)(C(=O)C(F)(F)F)c1ccccc1. The van der Waals surface area contributed by atoms with Gasteiger partial charge in [-0.2, -0.15) is 13.2 Å². The van der Waals surface area contributed by atoms with Crippen LogP contribution < -0.4 is 5.19 Å². The summed E-state index contributed by atoms with van der Waals surface area (Å²) in [4.78, 5) is 11.8. The molecule has 0 radical (unpaired) electrons. The van der Waals surface area contributed by atoms with Crippen LogP contribution in [-0.2, 0) is 13.6 Å². The van der Waals surface area contributed by atoms with Gasteiger partial charge < -0.3 is 8.85 Å². The average molecular weight is 292 g/mol. The monoisotopic (exact) mass is 292 g/mol. The van der Waals surface area contributed by atoms with Crippen LogP contribution in [0.5, 0.6) is 0 Å². The van der Waals surface area contributed by atoms with Gasteiger partial charge in [-0.25, -0.2) is 0 Å². The molecule has 0 spiro atoms. The van der Waals surface area contributed by atoms with Gasteiger partial charge in [-0.05, 0) is 13.8 Å². The Morgan fingerprint density at radius 1 is 1.11 bits per heavy atom. The molecule has 0 unspecified atom stereocenters. The third-order valence-electron chi connectivity index (χ3n) is 2.41. The molecule has 0 aliphatic heterocycles. The summed E-state index contributed by atoms with van der Waals surface area (Å²) in [5.41, 5.74) is 0. The van der Waals surface area contributed by atoms with Crippen LogP contribution in [0.2, 0.25) is 0 Å². The first kappa shape index (κ1) is 15.9. The Bertz CT molecular complexity index is 414. The number of carbonyl (C=O) groups is 1. The maximum Gasteiger partial charge on any atom is 0.456 e. The maximum absolute atomic E-state index is 12.8. The van der Waals surface area contributed by atoms with Gasteiger partial charge in [0, 0.05) is 18.4 Å². The average Bonchev–Trinajstić information content (AvgIpc) is 2.37. The topological polar surface area (TPSA) is 35.5 Å². The quantitative estimate of drug-likeness (QED) is 0.753. The predicted molar refractivity (Wildman–Crippen MR) is 66.1 cm³/mol. The fraction of sp³-hybridized carbons (Fsp3) is 0.417. The molecule has 0 atom stereocenters. The van der Waals surface area contributed by atoms with E-state index in [9.17, 15) is 18.0 Å². The third kappa shape index (κ3) is 3.43. The summed E-state index contributed by atoms with van der Waals surface area (Å²) in [5, 5.41) is -1.75. The molecule has 0 aromatic heterocycles. The van der Waals surface area contributed by atoms with Crippen LogP contribution in [0.1, 0.15) is 13.8 Å². The van der Waals surface area contributed by atoms with Gasteiger partial charge in [-0.15, -0.1) is 0 Å². The molecule has 19 heavy (non-hydrogen) atoms. The summed E-state index contributed by atoms with van der Waals surface area (Å²) in [7, 11) is -4.17. The highest BCUT2D eigenvalue weighted by Gasteiger charge is 2.60. The first-order valence-corrected chi connectivity index (χ1v) is 7.65. The minimum absolute atomic E-state index is 0.0249. The van der Waals surface area contributed by atoms with E-state index >= 15 is 0 Å². The lowest BCUT2D eigenvalue weighted by Gasteiger charge is -2.29. The fourth-order valence-electron chi connectivity index (χ4n) is 1.72. The van der Waals surface area contributed by atoms with E-state index in [0.29, 0.717) is 0 Å². The van der Waals surface area contributed by atoms with Crippen LogP contribution in [0, 0.1) is 0 Å². The van der Waals surface area contributed by atoms with Crippen molar-refractivity contribution < 1.29 is 26.8 Å². The molecule has 0 amide bonds. The number of benzene rings is 1. The number of rotatable bonds is 6. The Morgan fingerprint density at radius 3 is 1.95 bits per heavy atom. The van der Waals surface area contributed by atoms with E-state index < -0.39 is 20.1 Å². The zero-order chi connectivity index (χ0) is 14.5. The summed E-state index contributed by atoms with van der Waals surface area (Å²) >= 11 is 0. The number of alkyl halides is 3. The highest BCUT2D eigenvalue weighted by atomic mass is 28.4. The number of halogens is 3. The van der Waals surface area contributed by atoms with Gasteiger partial charge in [0.25, 0.3) is 5.41 Å². The fourth-order valence-corrected chi connectivity index (χ4v) is 4.48. The van der Waals surface area contributed by atoms with E-state index in [-0.39, 0.29) is 18.4 Å². The highest BCUT2D eigenvalue weighted by molar-refractivity contribution is 7.06. The van der Waals surface area contributed by atoms with Crippen LogP contribution in [0.3, 0.4) is 0 Å². The van der Waals surface area contributed by atoms with Gasteiger partial charge in [0.2, 0.25) is 0 Å². The van der Waals surface area contributed by atoms with E-state index in [1.165, 1.54) is 26.0 Å². The molecule has 0 aliphatic carbocycles. The molecule has 1 aromatic rings. The summed E-state index contributed by atoms with van der Waals surface area (Å²) in [6.45, 7) is 3.02. The van der Waals surface area contributed by atoms with Crippen LogP contribution in [0.15, 0.2) is 30.3 Å². The van der Waals surface area contributed by atoms with Gasteiger partial charge in [-0.1, -0.05) is 30.3 Å². The number of carbonyl (C=O) groups excluding carboxylic acids is 1. The van der Waals surface area contributed by atoms with Crippen molar-refractivity contribution in [3.63, 3.8) is 0 Å². The Hall–Kier alpha value is -1.18. The first-order chi connectivity index (χ1) is 8.88. The van der Waals surface area contributed by atoms with Crippen molar-refractivity contribution in [1.29, 1.82) is 0 Å². The first-order valence-electron chi connectivity index (χ1n) is 5.83. The Morgan fingerprint density at radius 2 is 1.58 bits per heavy atom. The summed E-state index contributed by atoms with van der Waals surface area (Å²) in [6, 6.07) is 7.62. The lowest BCUT2D eigenvalue weighted by molar-refractivity contribution is -0.165. The van der Waals surface area contributed by atoms with Crippen molar-refractivity contribution in [3.8, 4) is 0 Å². The lowest BCUT2D eigenvalue weighted by atomic mass is 10.4. The summed E-state index contributed by atoms with van der Waals surface area (Å²) in [5.74, 6) is 0. The Kier molecular flexibility index (Phi) is 5.27. The van der Waals surface area contributed by atoms with Crippen molar-refractivity contribution in [2.75, 3.05) is 13.2 Å². The highest BCUT2D eigenvalue weighted by Crippen LogP contribution is 2.24. The standard InChI is InChI=1S/C12H15F3O3Si/c1-3-17-19(18-4-2,11(16)12(13,14)15)10-8-6-5-7-9-10/h5-9H,3-4H2,1-2H3. The zero-order valence-electron chi connectivity index (χ0n) is 10.7. The molecule has 0 saturated heterocycles. The molecule has 3 nitrogen and oxygen atoms in total. The Balaban J connectivity index is 3.34. The van der Waals surface area contributed by atoms with Crippen LogP contribution in [-0.4, -0.2) is 33.4 Å². The van der Waals surface area contributed by atoms with Crippen molar-refractivity contribution in [1.82, 2.24) is 0 Å². The van der Waals surface area contributed by atoms with E-state index in [4.69, 9.17) is 8.85 Å². The van der Waals surface area contributed by atoms with Crippen LogP contribution >= 0.6 is 0 Å². The summed E-state index contributed by atoms with van der Waals surface area (Å²) in [6.07, 6.45) is -4.98. The minimum atomic E-state index is -4.98.